The number of hydrogen-bond donors (Lipinski definition) is 9. The predicted octanol–water partition coefficient (Wildman–Crippen LogP) is 9.16. The van der Waals surface area contributed by atoms with E-state index in [1.54, 1.807) is 0 Å². The third-order valence-corrected chi connectivity index (χ3v) is 13.7. The molecule has 0 bridgehead atoms. The summed E-state index contributed by atoms with van der Waals surface area (Å²) < 4.78 is 22.8. The lowest BCUT2D eigenvalue weighted by Crippen LogP contribution is -2.65. The number of nitrogens with one attached hydrogen (secondary N) is 1. The predicted molar refractivity (Wildman–Crippen MR) is 290 cm³/mol. The lowest BCUT2D eigenvalue weighted by atomic mass is 9.97. The Morgan fingerprint density at radius 1 is 0.507 bits per heavy atom. The van der Waals surface area contributed by atoms with E-state index in [0.29, 0.717) is 12.8 Å². The van der Waals surface area contributed by atoms with E-state index in [2.05, 4.69) is 92.1 Å². The summed E-state index contributed by atoms with van der Waals surface area (Å²) >= 11 is 0. The second kappa shape index (κ2) is 44.5. The zero-order valence-electron chi connectivity index (χ0n) is 45.1. The maximum atomic E-state index is 13.3. The van der Waals surface area contributed by atoms with Crippen LogP contribution in [0.2, 0.25) is 0 Å². The Balaban J connectivity index is 1.76. The van der Waals surface area contributed by atoms with Gasteiger partial charge in [0.25, 0.3) is 0 Å². The van der Waals surface area contributed by atoms with Crippen LogP contribution in [-0.2, 0) is 23.7 Å². The summed E-state index contributed by atoms with van der Waals surface area (Å²) in [6, 6.07) is -0.841. The molecule has 0 aliphatic carbocycles. The normalized spacial score (nSPS) is 25.9. The van der Waals surface area contributed by atoms with Crippen molar-refractivity contribution in [3.63, 3.8) is 0 Å². The number of carbonyl (C=O) groups excluding carboxylic acids is 1. The minimum Gasteiger partial charge on any atom is -0.394 e. The van der Waals surface area contributed by atoms with Crippen LogP contribution in [0, 0.1) is 0 Å². The van der Waals surface area contributed by atoms with Crippen molar-refractivity contribution in [2.45, 2.75) is 274 Å². The van der Waals surface area contributed by atoms with E-state index in [4.69, 9.17) is 18.9 Å². The molecular weight excluding hydrogens is 931 g/mol. The molecule has 0 radical (unpaired) electrons. The third-order valence-electron chi connectivity index (χ3n) is 13.7. The Morgan fingerprint density at radius 3 is 1.45 bits per heavy atom. The monoisotopic (exact) mass is 1030 g/mol. The fourth-order valence-corrected chi connectivity index (χ4v) is 9.06. The number of hydrogen-bond acceptors (Lipinski definition) is 13. The summed E-state index contributed by atoms with van der Waals surface area (Å²) in [6.07, 6.45) is 40.3. The largest absolute Gasteiger partial charge is 0.394 e. The molecule has 0 saturated carbocycles. The van der Waals surface area contributed by atoms with Gasteiger partial charge in [-0.1, -0.05) is 202 Å². The lowest BCUT2D eigenvalue weighted by Gasteiger charge is -2.46. The third kappa shape index (κ3) is 30.7. The summed E-state index contributed by atoms with van der Waals surface area (Å²) in [5.74, 6) is -0.224. The molecule has 12 atom stereocenters. The molecule has 2 saturated heterocycles. The van der Waals surface area contributed by atoms with Crippen molar-refractivity contribution in [1.29, 1.82) is 0 Å². The van der Waals surface area contributed by atoms with E-state index in [-0.39, 0.29) is 18.9 Å². The Morgan fingerprint density at radius 2 is 0.945 bits per heavy atom. The smallest absolute Gasteiger partial charge is 0.220 e. The van der Waals surface area contributed by atoms with Gasteiger partial charge in [-0.15, -0.1) is 0 Å². The zero-order chi connectivity index (χ0) is 53.2. The van der Waals surface area contributed by atoms with Gasteiger partial charge in [-0.25, -0.2) is 0 Å². The number of carbonyl (C=O) groups is 1. The highest BCUT2D eigenvalue weighted by molar-refractivity contribution is 5.76. The molecule has 0 aromatic rings. The molecule has 1 amide bonds. The molecule has 2 fully saturated rings. The summed E-state index contributed by atoms with van der Waals surface area (Å²) in [5.41, 5.74) is 0. The Labute approximate surface area is 440 Å². The van der Waals surface area contributed by atoms with Crippen molar-refractivity contribution in [3.8, 4) is 0 Å². The highest BCUT2D eigenvalue weighted by Gasteiger charge is 2.51. The molecule has 73 heavy (non-hydrogen) atoms. The molecule has 0 aromatic heterocycles. The number of aliphatic hydroxyl groups is 8. The average molecular weight is 1030 g/mol. The van der Waals surface area contributed by atoms with Crippen molar-refractivity contribution >= 4 is 5.91 Å². The van der Waals surface area contributed by atoms with Crippen molar-refractivity contribution in [2.75, 3.05) is 19.8 Å². The van der Waals surface area contributed by atoms with Crippen LogP contribution in [0.1, 0.15) is 200 Å². The van der Waals surface area contributed by atoms with Gasteiger partial charge in [0.15, 0.2) is 12.6 Å². The molecule has 12 unspecified atom stereocenters. The zero-order valence-corrected chi connectivity index (χ0v) is 45.1. The van der Waals surface area contributed by atoms with E-state index in [9.17, 15) is 45.6 Å². The molecule has 14 heteroatoms. The Hall–Kier alpha value is -2.57. The molecule has 0 spiro atoms. The molecule has 0 aromatic carbocycles. The van der Waals surface area contributed by atoms with Gasteiger partial charge in [0.1, 0.15) is 48.8 Å². The molecule has 422 valence electrons. The first-order chi connectivity index (χ1) is 35.6. The first kappa shape index (κ1) is 66.5. The number of aliphatic hydroxyl groups excluding tert-OH is 8. The summed E-state index contributed by atoms with van der Waals surface area (Å²) in [7, 11) is 0. The van der Waals surface area contributed by atoms with Gasteiger partial charge in [0.05, 0.1) is 32.0 Å². The van der Waals surface area contributed by atoms with Crippen LogP contribution in [0.25, 0.3) is 0 Å². The van der Waals surface area contributed by atoms with Gasteiger partial charge >= 0.3 is 0 Å². The van der Waals surface area contributed by atoms with E-state index in [1.165, 1.54) is 64.2 Å². The van der Waals surface area contributed by atoms with E-state index < -0.39 is 86.8 Å². The summed E-state index contributed by atoms with van der Waals surface area (Å²) in [4.78, 5) is 13.3. The maximum Gasteiger partial charge on any atom is 0.220 e. The highest BCUT2D eigenvalue weighted by atomic mass is 16.7. The highest BCUT2D eigenvalue weighted by Crippen LogP contribution is 2.30. The first-order valence-corrected chi connectivity index (χ1v) is 28.7. The molecule has 2 aliphatic heterocycles. The van der Waals surface area contributed by atoms with Gasteiger partial charge < -0.3 is 65.1 Å². The number of allylic oxidation sites excluding steroid dienone is 12. The number of amides is 1. The quantitative estimate of drug-likeness (QED) is 0.0205. The van der Waals surface area contributed by atoms with E-state index in [0.717, 1.165) is 103 Å². The number of ether oxygens (including phenoxy) is 4. The SMILES string of the molecule is CC/C=C\C/C=C\C/C=C\C/C=C\C/C=C\C/C=C\CCCCCCCCC(=O)NC(COC1OC(CO)C(OC2OC(CO)C(O)C(O)C2O)C(O)C1O)C(O)CCCCCCCCCCCCCCCC. The molecule has 2 aliphatic rings. The molecule has 9 N–H and O–H groups in total. The Kier molecular flexibility index (Phi) is 40.6. The van der Waals surface area contributed by atoms with Crippen LogP contribution in [-0.4, -0.2) is 140 Å². The summed E-state index contributed by atoms with van der Waals surface area (Å²) in [6.45, 7) is 2.72. The van der Waals surface area contributed by atoms with Gasteiger partial charge in [-0.3, -0.25) is 4.79 Å². The van der Waals surface area contributed by atoms with Gasteiger partial charge in [0.2, 0.25) is 5.91 Å². The minimum atomic E-state index is -1.79. The van der Waals surface area contributed by atoms with Crippen LogP contribution >= 0.6 is 0 Å². The Bertz CT molecular complexity index is 1500. The van der Waals surface area contributed by atoms with Gasteiger partial charge in [-0.05, 0) is 64.2 Å². The number of rotatable bonds is 44. The molecule has 14 nitrogen and oxygen atoms in total. The average Bonchev–Trinajstić information content (AvgIpc) is 3.39. The van der Waals surface area contributed by atoms with Crippen molar-refractivity contribution in [3.05, 3.63) is 72.9 Å². The van der Waals surface area contributed by atoms with Crippen molar-refractivity contribution in [2.24, 2.45) is 0 Å². The van der Waals surface area contributed by atoms with Crippen LogP contribution in [0.5, 0.6) is 0 Å². The molecular formula is C59H103NO13. The number of unbranched alkanes of at least 4 members (excludes halogenated alkanes) is 19. The second-order valence-corrected chi connectivity index (χ2v) is 20.0. The fourth-order valence-electron chi connectivity index (χ4n) is 9.06. The van der Waals surface area contributed by atoms with Gasteiger partial charge in [-0.2, -0.15) is 0 Å². The van der Waals surface area contributed by atoms with Crippen LogP contribution in [0.4, 0.5) is 0 Å². The maximum absolute atomic E-state index is 13.3. The van der Waals surface area contributed by atoms with Crippen molar-refractivity contribution < 1.29 is 64.6 Å². The molecule has 2 rings (SSSR count). The minimum absolute atomic E-state index is 0.224. The topological polar surface area (TPSA) is 228 Å². The van der Waals surface area contributed by atoms with Gasteiger partial charge in [0, 0.05) is 6.42 Å². The van der Waals surface area contributed by atoms with Crippen LogP contribution < -0.4 is 5.32 Å². The first-order valence-electron chi connectivity index (χ1n) is 28.7. The fraction of sp³-hybridized carbons (Fsp3) is 0.780. The lowest BCUT2D eigenvalue weighted by molar-refractivity contribution is -0.359. The van der Waals surface area contributed by atoms with Crippen LogP contribution in [0.15, 0.2) is 72.9 Å². The van der Waals surface area contributed by atoms with Crippen molar-refractivity contribution in [1.82, 2.24) is 5.32 Å². The standard InChI is InChI=1S/C59H103NO13/c1-3-5-7-9-11-13-15-17-19-20-21-22-23-24-25-26-27-28-29-31-33-35-37-39-41-43-51(64)60-47(48(63)42-40-38-36-34-32-30-18-16-14-12-10-8-6-4-2)46-70-58-56(69)54(67)57(50(45-62)72-58)73-59-55(68)53(66)52(65)49(44-61)71-59/h5,7,11,13,17,19,21-22,24-25,27-28,47-50,52-59,61-63,65-69H,3-4,6,8-10,12,14-16,18,20,23,26,29-46H2,1-2H3,(H,60,64)/b7-5-,13-11-,19-17-,22-21-,25-24-,28-27-. The second-order valence-electron chi connectivity index (χ2n) is 20.0. The summed E-state index contributed by atoms with van der Waals surface area (Å²) in [5, 5.41) is 87.1. The van der Waals surface area contributed by atoms with Crippen LogP contribution in [0.3, 0.4) is 0 Å². The van der Waals surface area contributed by atoms with E-state index in [1.807, 2.05) is 0 Å². The molecule has 2 heterocycles. The van der Waals surface area contributed by atoms with E-state index >= 15 is 0 Å².